The van der Waals surface area contributed by atoms with Crippen molar-refractivity contribution in [2.75, 3.05) is 19.4 Å². The number of alkyl halides is 3. The zero-order valence-electron chi connectivity index (χ0n) is 19.7. The Morgan fingerprint density at radius 2 is 1.60 bits per heavy atom. The van der Waals surface area contributed by atoms with Crippen molar-refractivity contribution in [1.82, 2.24) is 10.2 Å². The standard InChI is InChI=1S/C27H26F3N3O2/c1-16-4-11-23(17-5-8-20(9-6-17)27(28,29)30)24(12-16)25(34)31-21-10-7-18-13-22(15-19(18)14-21)32-26(35)33(2)3/h4-12,14,22H,13,15H2,1-3H3,(H,31,34)(H,32,35)/t22-/m0/s1. The second-order valence-electron chi connectivity index (χ2n) is 9.01. The second kappa shape index (κ2) is 9.44. The van der Waals surface area contributed by atoms with Crippen LogP contribution in [-0.2, 0) is 19.0 Å². The summed E-state index contributed by atoms with van der Waals surface area (Å²) in [6, 6.07) is 15.6. The summed E-state index contributed by atoms with van der Waals surface area (Å²) in [5.74, 6) is -0.348. The van der Waals surface area contributed by atoms with Crippen LogP contribution in [-0.4, -0.2) is 37.0 Å². The highest BCUT2D eigenvalue weighted by Gasteiger charge is 2.30. The van der Waals surface area contributed by atoms with Gasteiger partial charge in [-0.1, -0.05) is 35.9 Å². The molecule has 0 saturated carbocycles. The Morgan fingerprint density at radius 3 is 2.26 bits per heavy atom. The van der Waals surface area contributed by atoms with Crippen molar-refractivity contribution in [3.05, 3.63) is 88.5 Å². The van der Waals surface area contributed by atoms with Crippen LogP contribution in [0.25, 0.3) is 11.1 Å². The van der Waals surface area contributed by atoms with E-state index in [9.17, 15) is 22.8 Å². The lowest BCUT2D eigenvalue weighted by atomic mass is 9.96. The Bertz CT molecular complexity index is 1270. The molecule has 0 unspecified atom stereocenters. The van der Waals surface area contributed by atoms with Crippen molar-refractivity contribution in [2.24, 2.45) is 0 Å². The number of rotatable bonds is 4. The Morgan fingerprint density at radius 1 is 0.914 bits per heavy atom. The van der Waals surface area contributed by atoms with Gasteiger partial charge in [-0.15, -0.1) is 0 Å². The molecule has 182 valence electrons. The van der Waals surface area contributed by atoms with Crippen LogP contribution in [0.3, 0.4) is 0 Å². The van der Waals surface area contributed by atoms with Crippen molar-refractivity contribution < 1.29 is 22.8 Å². The predicted molar refractivity (Wildman–Crippen MR) is 129 cm³/mol. The van der Waals surface area contributed by atoms with Crippen LogP contribution < -0.4 is 10.6 Å². The monoisotopic (exact) mass is 481 g/mol. The Hall–Kier alpha value is -3.81. The van der Waals surface area contributed by atoms with Crippen molar-refractivity contribution in [2.45, 2.75) is 32.0 Å². The number of urea groups is 1. The lowest BCUT2D eigenvalue weighted by molar-refractivity contribution is -0.137. The van der Waals surface area contributed by atoms with Gasteiger partial charge < -0.3 is 15.5 Å². The van der Waals surface area contributed by atoms with E-state index < -0.39 is 11.7 Å². The van der Waals surface area contributed by atoms with E-state index in [0.29, 0.717) is 28.8 Å². The molecule has 1 aliphatic carbocycles. The van der Waals surface area contributed by atoms with E-state index in [4.69, 9.17) is 0 Å². The molecule has 0 radical (unpaired) electrons. The van der Waals surface area contributed by atoms with Gasteiger partial charge in [-0.25, -0.2) is 4.79 Å². The normalized spacial score (nSPS) is 14.9. The van der Waals surface area contributed by atoms with E-state index >= 15 is 0 Å². The molecule has 1 aliphatic rings. The zero-order valence-corrected chi connectivity index (χ0v) is 19.7. The number of nitrogens with one attached hydrogen (secondary N) is 2. The minimum atomic E-state index is -4.42. The Labute approximate surface area is 202 Å². The highest BCUT2D eigenvalue weighted by molar-refractivity contribution is 6.09. The van der Waals surface area contributed by atoms with Crippen molar-refractivity contribution >= 4 is 17.6 Å². The number of amides is 3. The molecule has 0 bridgehead atoms. The maximum absolute atomic E-state index is 13.2. The van der Waals surface area contributed by atoms with E-state index in [0.717, 1.165) is 35.2 Å². The van der Waals surface area contributed by atoms with Crippen molar-refractivity contribution in [3.63, 3.8) is 0 Å². The van der Waals surface area contributed by atoms with E-state index in [2.05, 4.69) is 10.6 Å². The third kappa shape index (κ3) is 5.48. The Balaban J connectivity index is 1.54. The number of anilines is 1. The number of hydrogen-bond acceptors (Lipinski definition) is 2. The molecule has 0 aliphatic heterocycles. The number of hydrogen-bond donors (Lipinski definition) is 2. The number of carbonyl (C=O) groups excluding carboxylic acids is 2. The number of aryl methyl sites for hydroxylation is 1. The number of benzene rings is 3. The molecule has 3 aromatic carbocycles. The highest BCUT2D eigenvalue weighted by Crippen LogP contribution is 2.33. The minimum absolute atomic E-state index is 0.00565. The molecule has 0 spiro atoms. The molecule has 3 amide bonds. The van der Waals surface area contributed by atoms with E-state index in [1.165, 1.54) is 17.0 Å². The first-order chi connectivity index (χ1) is 16.5. The number of fused-ring (bicyclic) bond motifs is 1. The van der Waals surface area contributed by atoms with Crippen LogP contribution in [0.15, 0.2) is 60.7 Å². The average Bonchev–Trinajstić information content (AvgIpc) is 3.20. The quantitative estimate of drug-likeness (QED) is 0.504. The number of carbonyl (C=O) groups is 2. The molecule has 0 saturated heterocycles. The first kappa shape index (κ1) is 24.3. The van der Waals surface area contributed by atoms with Gasteiger partial charge in [0.25, 0.3) is 5.91 Å². The van der Waals surface area contributed by atoms with Gasteiger partial charge >= 0.3 is 12.2 Å². The minimum Gasteiger partial charge on any atom is -0.335 e. The van der Waals surface area contributed by atoms with Crippen LogP contribution in [0.4, 0.5) is 23.7 Å². The SMILES string of the molecule is Cc1ccc(-c2ccc(C(F)(F)F)cc2)c(C(=O)Nc2ccc3c(c2)C[C@@H](NC(=O)N(C)C)C3)c1. The summed E-state index contributed by atoms with van der Waals surface area (Å²) in [6.45, 7) is 1.85. The lowest BCUT2D eigenvalue weighted by Gasteiger charge is -2.16. The van der Waals surface area contributed by atoms with Gasteiger partial charge in [0.1, 0.15) is 0 Å². The molecular formula is C27H26F3N3O2. The van der Waals surface area contributed by atoms with Crippen LogP contribution in [0, 0.1) is 6.92 Å². The first-order valence-corrected chi connectivity index (χ1v) is 11.2. The van der Waals surface area contributed by atoms with Gasteiger partial charge in [-0.3, -0.25) is 4.79 Å². The molecule has 3 aromatic rings. The molecule has 8 heteroatoms. The summed E-state index contributed by atoms with van der Waals surface area (Å²) in [7, 11) is 3.38. The molecule has 2 N–H and O–H groups in total. The van der Waals surface area contributed by atoms with Gasteiger partial charge in [0.05, 0.1) is 5.56 Å². The molecule has 1 atom stereocenters. The third-order valence-corrected chi connectivity index (χ3v) is 6.07. The topological polar surface area (TPSA) is 61.4 Å². The fraction of sp³-hybridized carbons (Fsp3) is 0.259. The maximum atomic E-state index is 13.2. The van der Waals surface area contributed by atoms with Gasteiger partial charge in [0.15, 0.2) is 0 Å². The first-order valence-electron chi connectivity index (χ1n) is 11.2. The van der Waals surface area contributed by atoms with Crippen LogP contribution in [0.1, 0.15) is 32.6 Å². The van der Waals surface area contributed by atoms with Gasteiger partial charge in [0.2, 0.25) is 0 Å². The maximum Gasteiger partial charge on any atom is 0.416 e. The molecule has 0 heterocycles. The van der Waals surface area contributed by atoms with Gasteiger partial charge in [0, 0.05) is 31.4 Å². The molecule has 0 fully saturated rings. The summed E-state index contributed by atoms with van der Waals surface area (Å²) < 4.78 is 38.9. The summed E-state index contributed by atoms with van der Waals surface area (Å²) in [5, 5.41) is 5.91. The van der Waals surface area contributed by atoms with Gasteiger partial charge in [-0.05, 0) is 72.4 Å². The highest BCUT2D eigenvalue weighted by atomic mass is 19.4. The van der Waals surface area contributed by atoms with E-state index in [-0.39, 0.29) is 18.0 Å². The van der Waals surface area contributed by atoms with Crippen molar-refractivity contribution in [1.29, 1.82) is 0 Å². The van der Waals surface area contributed by atoms with Crippen molar-refractivity contribution in [3.8, 4) is 11.1 Å². The van der Waals surface area contributed by atoms with Crippen LogP contribution in [0.2, 0.25) is 0 Å². The van der Waals surface area contributed by atoms with Gasteiger partial charge in [-0.2, -0.15) is 13.2 Å². The number of halogens is 3. The summed E-state index contributed by atoms with van der Waals surface area (Å²) >= 11 is 0. The van der Waals surface area contributed by atoms with E-state index in [1.807, 2.05) is 31.2 Å². The lowest BCUT2D eigenvalue weighted by Crippen LogP contribution is -2.41. The van der Waals surface area contributed by atoms with Crippen LogP contribution >= 0.6 is 0 Å². The predicted octanol–water partition coefficient (Wildman–Crippen LogP) is 5.67. The Kier molecular flexibility index (Phi) is 6.56. The fourth-order valence-corrected chi connectivity index (χ4v) is 4.24. The van der Waals surface area contributed by atoms with E-state index in [1.54, 1.807) is 26.2 Å². The molecular weight excluding hydrogens is 455 g/mol. The molecule has 5 nitrogen and oxygen atoms in total. The largest absolute Gasteiger partial charge is 0.416 e. The smallest absolute Gasteiger partial charge is 0.335 e. The summed E-state index contributed by atoms with van der Waals surface area (Å²) in [5.41, 5.74) is 4.37. The average molecular weight is 482 g/mol. The summed E-state index contributed by atoms with van der Waals surface area (Å²) in [6.07, 6.45) is -3.03. The number of nitrogens with zero attached hydrogens (tertiary/aromatic N) is 1. The fourth-order valence-electron chi connectivity index (χ4n) is 4.24. The second-order valence-corrected chi connectivity index (χ2v) is 9.01. The van der Waals surface area contributed by atoms with Crippen LogP contribution in [0.5, 0.6) is 0 Å². The molecule has 4 rings (SSSR count). The molecule has 0 aromatic heterocycles. The zero-order chi connectivity index (χ0) is 25.3. The third-order valence-electron chi connectivity index (χ3n) is 6.07. The molecule has 35 heavy (non-hydrogen) atoms. The summed E-state index contributed by atoms with van der Waals surface area (Å²) in [4.78, 5) is 26.7.